The number of aromatic amines is 1. The highest BCUT2D eigenvalue weighted by molar-refractivity contribution is 7.99. The molecule has 86 heavy (non-hydrogen) atoms. The molecule has 10 atom stereocenters. The zero-order valence-electron chi connectivity index (χ0n) is 50.7. The lowest BCUT2D eigenvalue weighted by Crippen LogP contribution is -2.61. The number of carbonyl (C=O) groups excluding carboxylic acids is 11. The van der Waals surface area contributed by atoms with E-state index in [0.29, 0.717) is 35.3 Å². The molecule has 27 nitrogen and oxygen atoms in total. The van der Waals surface area contributed by atoms with Crippen molar-refractivity contribution >= 4 is 93.7 Å². The number of rotatable bonds is 18. The lowest BCUT2D eigenvalue weighted by Gasteiger charge is -2.32. The van der Waals surface area contributed by atoms with E-state index in [4.69, 9.17) is 0 Å². The van der Waals surface area contributed by atoms with Gasteiger partial charge >= 0.3 is 0 Å². The molecule has 476 valence electrons. The first-order valence-corrected chi connectivity index (χ1v) is 29.8. The van der Waals surface area contributed by atoms with Crippen molar-refractivity contribution < 1.29 is 68.1 Å². The summed E-state index contributed by atoms with van der Waals surface area (Å²) >= 11 is 1.16. The highest BCUT2D eigenvalue weighted by Crippen LogP contribution is 2.29. The molecule has 2 aromatic carbocycles. The molecule has 2 saturated heterocycles. The lowest BCUT2D eigenvalue weighted by molar-refractivity contribution is -0.144. The molecule has 2 aliphatic heterocycles. The fourth-order valence-corrected chi connectivity index (χ4v) is 9.68. The number of carbonyl (C=O) groups is 11. The number of H-pyrrole nitrogens is 1. The van der Waals surface area contributed by atoms with Crippen LogP contribution < -0.4 is 58.5 Å². The van der Waals surface area contributed by atoms with Gasteiger partial charge in [-0.2, -0.15) is 0 Å². The summed E-state index contributed by atoms with van der Waals surface area (Å²) in [6.45, 7) is 13.6. The van der Waals surface area contributed by atoms with Gasteiger partial charge in [0.05, 0.1) is 62.5 Å². The largest absolute Gasteiger partial charge is 0.394 e. The van der Waals surface area contributed by atoms with Gasteiger partial charge in [-0.15, -0.1) is 11.8 Å². The van der Waals surface area contributed by atoms with Crippen LogP contribution in [0.2, 0.25) is 0 Å². The number of hydrogen-bond donors (Lipinski definition) is 15. The number of aromatic nitrogens is 1. The van der Waals surface area contributed by atoms with Gasteiger partial charge in [0.15, 0.2) is 0 Å². The quantitative estimate of drug-likeness (QED) is 0.0521. The Labute approximate surface area is 506 Å². The number of aliphatic hydroxyl groups is 3. The highest BCUT2D eigenvalue weighted by Gasteiger charge is 2.44. The molecular weight excluding hydrogens is 1130 g/mol. The molecule has 7 unspecified atom stereocenters. The van der Waals surface area contributed by atoms with Gasteiger partial charge in [-0.1, -0.05) is 91.6 Å². The van der Waals surface area contributed by atoms with Crippen LogP contribution in [0.1, 0.15) is 92.2 Å². The van der Waals surface area contributed by atoms with Gasteiger partial charge in [0.25, 0.3) is 0 Å². The summed E-state index contributed by atoms with van der Waals surface area (Å²) in [6, 6.07) is 6.35. The minimum atomic E-state index is -1.77. The molecule has 10 amide bonds. The number of hydrogen-bond acceptors (Lipinski definition) is 17. The second-order valence-electron chi connectivity index (χ2n) is 21.4. The van der Waals surface area contributed by atoms with Crippen molar-refractivity contribution in [1.82, 2.24) is 63.1 Å². The van der Waals surface area contributed by atoms with E-state index in [2.05, 4.69) is 77.3 Å². The Hall–Kier alpha value is -7.50. The SMILES string of the molecule is CC(C)NCC=O.CCC.CCC(C)C1NC(=O)CNC(=O)CNC(=O)C([C@@H](C)C(O)CO)NC(=O)C2C[C@@H](O)CN2C(=O)C(CC(=O)NCc2ccc(NC(=O)C(C)NC)cc2)NC(=O)[C@H](CSc2[nH]c3ccccc3c2C)NC(=O)CNC1=O. The number of likely N-dealkylation sites (N-methyl/N-ethyl adjacent to an activating group) is 1. The Bertz CT molecular complexity index is 2770. The summed E-state index contributed by atoms with van der Waals surface area (Å²) in [4.78, 5) is 151. The number of aldehydes is 1. The molecule has 3 aromatic rings. The van der Waals surface area contributed by atoms with Gasteiger partial charge in [-0.05, 0) is 56.1 Å². The summed E-state index contributed by atoms with van der Waals surface area (Å²) in [6.07, 6.45) is -1.52. The molecule has 1 aromatic heterocycles. The minimum absolute atomic E-state index is 0.0717. The Morgan fingerprint density at radius 1 is 0.779 bits per heavy atom. The standard InChI is InChI=1S/C50H70N12O13S.C5H11NO.C3H8/c1-7-25(2)42-47(73)55-21-40(68)57-35(24-76-49-26(3)32-10-8-9-11-33(32)59-49)45(71)58-34(17-38(66)52-18-29-12-14-30(15-13-29)56-44(70)28(5)51-6)50(75)62-22-31(64)16-36(62)46(72)61-43(27(4)37(65)23-63)48(74)54-19-39(67)53-20-41(69)60-42;1-5(2)6-3-4-7;1-3-2/h8-15,25,27-28,31,34-37,42-43,51,59,63-65H,7,16-24H2,1-6H3,(H,52,66)(H,53,67)(H,54,74)(H,55,73)(H,56,70)(H,57,68)(H,58,71)(H,60,69)(H,61,72);4-6H,3H2,1-2H3;3H2,1-2H3/t25?,27-,28?,31+,34?,35-,36?,37?,42?,43?;;/m0../s1. The van der Waals surface area contributed by atoms with Crippen molar-refractivity contribution in [3.8, 4) is 0 Å². The fourth-order valence-electron chi connectivity index (χ4n) is 8.60. The second-order valence-corrected chi connectivity index (χ2v) is 22.4. The van der Waals surface area contributed by atoms with Crippen molar-refractivity contribution in [2.75, 3.05) is 57.4 Å². The monoisotopic (exact) mass is 1220 g/mol. The Kier molecular flexibility index (Phi) is 31.4. The normalized spacial score (nSPS) is 21.7. The summed E-state index contributed by atoms with van der Waals surface area (Å²) in [5, 5.41) is 61.5. The van der Waals surface area contributed by atoms with Crippen LogP contribution in [0, 0.1) is 18.8 Å². The smallest absolute Gasteiger partial charge is 0.246 e. The number of anilines is 1. The molecule has 2 fully saturated rings. The zero-order valence-corrected chi connectivity index (χ0v) is 51.5. The molecule has 15 N–H and O–H groups in total. The van der Waals surface area contributed by atoms with Crippen molar-refractivity contribution in [1.29, 1.82) is 0 Å². The van der Waals surface area contributed by atoms with Crippen molar-refractivity contribution in [3.05, 3.63) is 59.7 Å². The Morgan fingerprint density at radius 2 is 1.40 bits per heavy atom. The van der Waals surface area contributed by atoms with Gasteiger partial charge in [-0.25, -0.2) is 0 Å². The highest BCUT2D eigenvalue weighted by atomic mass is 32.2. The van der Waals surface area contributed by atoms with Crippen LogP contribution in [0.5, 0.6) is 0 Å². The second kappa shape index (κ2) is 37.1. The Morgan fingerprint density at radius 3 is 1.99 bits per heavy atom. The van der Waals surface area contributed by atoms with Crippen molar-refractivity contribution in [2.24, 2.45) is 11.8 Å². The number of benzene rings is 2. The molecule has 2 aliphatic rings. The summed E-state index contributed by atoms with van der Waals surface area (Å²) in [7, 11) is 1.64. The van der Waals surface area contributed by atoms with Crippen LogP contribution in [0.3, 0.4) is 0 Å². The number of thioether (sulfide) groups is 1. The lowest BCUT2D eigenvalue weighted by atomic mass is 9.94. The summed E-state index contributed by atoms with van der Waals surface area (Å²) < 4.78 is 0. The van der Waals surface area contributed by atoms with E-state index < -0.39 is 153 Å². The van der Waals surface area contributed by atoms with Gasteiger partial charge in [0.2, 0.25) is 59.1 Å². The first-order chi connectivity index (χ1) is 40.8. The molecular formula is C58H89N13O14S. The predicted octanol–water partition coefficient (Wildman–Crippen LogP) is -1.28. The number of para-hydroxylation sites is 1. The van der Waals surface area contributed by atoms with Crippen LogP contribution in [0.15, 0.2) is 53.6 Å². The van der Waals surface area contributed by atoms with Gasteiger partial charge in [0.1, 0.15) is 36.5 Å². The van der Waals surface area contributed by atoms with Gasteiger partial charge in [-0.3, -0.25) is 47.9 Å². The number of nitrogens with zero attached hydrogens (tertiary/aromatic N) is 1. The summed E-state index contributed by atoms with van der Waals surface area (Å²) in [5.74, 6) is -10.1. The van der Waals surface area contributed by atoms with E-state index in [1.165, 1.54) is 13.3 Å². The molecule has 0 bridgehead atoms. The van der Waals surface area contributed by atoms with E-state index >= 15 is 0 Å². The van der Waals surface area contributed by atoms with Crippen LogP contribution in [0.4, 0.5) is 5.69 Å². The van der Waals surface area contributed by atoms with E-state index in [9.17, 15) is 68.1 Å². The van der Waals surface area contributed by atoms with Crippen LogP contribution in [-0.4, -0.2) is 197 Å². The van der Waals surface area contributed by atoms with Crippen LogP contribution >= 0.6 is 11.8 Å². The maximum Gasteiger partial charge on any atom is 0.246 e. The third kappa shape index (κ3) is 23.4. The molecule has 5 rings (SSSR count). The molecule has 0 saturated carbocycles. The number of amides is 10. The number of aliphatic hydroxyl groups excluding tert-OH is 3. The Balaban J connectivity index is 0.00000178. The minimum Gasteiger partial charge on any atom is -0.394 e. The fraction of sp³-hybridized carbons (Fsp3) is 0.569. The third-order valence-electron chi connectivity index (χ3n) is 14.0. The van der Waals surface area contributed by atoms with Gasteiger partial charge < -0.3 is 88.5 Å². The predicted molar refractivity (Wildman–Crippen MR) is 324 cm³/mol. The van der Waals surface area contributed by atoms with Crippen molar-refractivity contribution in [3.63, 3.8) is 0 Å². The maximum atomic E-state index is 14.8. The van der Waals surface area contributed by atoms with E-state index in [0.717, 1.165) is 39.4 Å². The first kappa shape index (κ1) is 72.8. The van der Waals surface area contributed by atoms with Crippen LogP contribution in [0.25, 0.3) is 10.9 Å². The number of aryl methyl sites for hydroxylation is 1. The average molecular weight is 1220 g/mol. The van der Waals surface area contributed by atoms with E-state index in [-0.39, 0.29) is 24.6 Å². The maximum absolute atomic E-state index is 14.8. The molecule has 0 aliphatic carbocycles. The van der Waals surface area contributed by atoms with Crippen LogP contribution in [-0.2, 0) is 59.3 Å². The molecule has 0 spiro atoms. The zero-order chi connectivity index (χ0) is 64.2. The van der Waals surface area contributed by atoms with E-state index in [1.54, 1.807) is 52.1 Å². The first-order valence-electron chi connectivity index (χ1n) is 28.8. The van der Waals surface area contributed by atoms with Gasteiger partial charge in [0, 0.05) is 53.8 Å². The number of nitrogens with one attached hydrogen (secondary N) is 12. The van der Waals surface area contributed by atoms with Crippen molar-refractivity contribution in [2.45, 2.75) is 154 Å². The third-order valence-corrected chi connectivity index (χ3v) is 15.2. The summed E-state index contributed by atoms with van der Waals surface area (Å²) in [5.41, 5.74) is 2.72. The molecule has 0 radical (unpaired) electrons. The molecule has 3 heterocycles. The number of fused-ring (bicyclic) bond motifs is 2. The topological polar surface area (TPSA) is 400 Å². The van der Waals surface area contributed by atoms with E-state index in [1.807, 2.05) is 45.0 Å². The molecule has 28 heteroatoms. The average Bonchev–Trinajstić information content (AvgIpc) is 2.10.